The van der Waals surface area contributed by atoms with Crippen molar-refractivity contribution in [1.29, 1.82) is 0 Å². The van der Waals surface area contributed by atoms with Crippen LogP contribution in [0.15, 0.2) is 42.5 Å². The van der Waals surface area contributed by atoms with E-state index in [1.54, 1.807) is 6.07 Å². The Bertz CT molecular complexity index is 683. The van der Waals surface area contributed by atoms with Crippen molar-refractivity contribution in [1.82, 2.24) is 0 Å². The average molecular weight is 299 g/mol. The highest BCUT2D eigenvalue weighted by atomic mass is 19.4. The second-order valence-corrected chi connectivity index (χ2v) is 4.14. The van der Waals surface area contributed by atoms with Crippen LogP contribution in [0.5, 0.6) is 5.75 Å². The van der Waals surface area contributed by atoms with E-state index in [9.17, 15) is 22.4 Å². The first-order chi connectivity index (χ1) is 9.76. The van der Waals surface area contributed by atoms with Gasteiger partial charge >= 0.3 is 6.36 Å². The molecular weight excluding hydrogens is 290 g/mol. The lowest BCUT2D eigenvalue weighted by atomic mass is 10.0. The maximum atomic E-state index is 13.6. The fraction of sp³-hybridized carbons (Fsp3) is 0.0714. The summed E-state index contributed by atoms with van der Waals surface area (Å²) < 4.78 is 53.3. The van der Waals surface area contributed by atoms with Crippen LogP contribution < -0.4 is 10.5 Å². The molecule has 0 bridgehead atoms. The number of halogens is 4. The Balaban J connectivity index is 2.36. The fourth-order valence-electron chi connectivity index (χ4n) is 1.74. The smallest absolute Gasteiger partial charge is 0.403 e. The number of carbonyl (C=O) groups excluding carboxylic acids is 1. The summed E-state index contributed by atoms with van der Waals surface area (Å²) in [6, 6.07) is 9.02. The van der Waals surface area contributed by atoms with Crippen molar-refractivity contribution in [2.75, 3.05) is 0 Å². The number of rotatable bonds is 3. The third kappa shape index (κ3) is 3.71. The van der Waals surface area contributed by atoms with Gasteiger partial charge < -0.3 is 10.5 Å². The highest BCUT2D eigenvalue weighted by Gasteiger charge is 2.32. The Morgan fingerprint density at radius 2 is 1.71 bits per heavy atom. The van der Waals surface area contributed by atoms with Crippen molar-refractivity contribution in [3.05, 3.63) is 53.8 Å². The van der Waals surface area contributed by atoms with Gasteiger partial charge in [0.2, 0.25) is 5.91 Å². The lowest BCUT2D eigenvalue weighted by Gasteiger charge is -2.11. The molecule has 2 aromatic carbocycles. The average Bonchev–Trinajstić information content (AvgIpc) is 2.40. The second kappa shape index (κ2) is 5.43. The minimum atomic E-state index is -4.96. The zero-order chi connectivity index (χ0) is 15.6. The molecule has 0 aliphatic rings. The molecule has 2 rings (SSSR count). The van der Waals surface area contributed by atoms with Crippen molar-refractivity contribution in [2.24, 2.45) is 5.73 Å². The predicted octanol–water partition coefficient (Wildman–Crippen LogP) is 3.49. The van der Waals surface area contributed by atoms with E-state index in [-0.39, 0.29) is 5.56 Å². The Labute approximate surface area is 116 Å². The van der Waals surface area contributed by atoms with Crippen molar-refractivity contribution in [2.45, 2.75) is 6.36 Å². The van der Waals surface area contributed by atoms with E-state index >= 15 is 0 Å². The molecule has 21 heavy (non-hydrogen) atoms. The number of ether oxygens (including phenoxy) is 1. The number of benzene rings is 2. The van der Waals surface area contributed by atoms with E-state index in [0.717, 1.165) is 12.1 Å². The first kappa shape index (κ1) is 14.8. The van der Waals surface area contributed by atoms with Gasteiger partial charge in [-0.2, -0.15) is 0 Å². The predicted molar refractivity (Wildman–Crippen MR) is 67.0 cm³/mol. The summed E-state index contributed by atoms with van der Waals surface area (Å²) in [5, 5.41) is 0. The monoisotopic (exact) mass is 299 g/mol. The van der Waals surface area contributed by atoms with E-state index < -0.39 is 23.8 Å². The molecule has 0 atom stereocenters. The van der Waals surface area contributed by atoms with Gasteiger partial charge in [-0.3, -0.25) is 4.79 Å². The summed E-state index contributed by atoms with van der Waals surface area (Å²) in [6.45, 7) is 0. The van der Waals surface area contributed by atoms with E-state index in [1.165, 1.54) is 24.3 Å². The van der Waals surface area contributed by atoms with Crippen LogP contribution >= 0.6 is 0 Å². The molecule has 7 heteroatoms. The summed E-state index contributed by atoms with van der Waals surface area (Å²) in [6.07, 6.45) is -4.96. The third-order valence-corrected chi connectivity index (χ3v) is 2.64. The number of hydrogen-bond acceptors (Lipinski definition) is 2. The van der Waals surface area contributed by atoms with Gasteiger partial charge in [-0.1, -0.05) is 18.2 Å². The first-order valence-electron chi connectivity index (χ1n) is 5.72. The zero-order valence-corrected chi connectivity index (χ0v) is 10.4. The largest absolute Gasteiger partial charge is 0.573 e. The van der Waals surface area contributed by atoms with Crippen molar-refractivity contribution >= 4 is 5.91 Å². The maximum Gasteiger partial charge on any atom is 0.573 e. The molecular formula is C14H9F4NO2. The Kier molecular flexibility index (Phi) is 3.84. The van der Waals surface area contributed by atoms with Gasteiger partial charge in [0.1, 0.15) is 0 Å². The molecule has 0 heterocycles. The normalized spacial score (nSPS) is 11.2. The molecule has 0 fully saturated rings. The highest BCUT2D eigenvalue weighted by Crippen LogP contribution is 2.29. The van der Waals surface area contributed by atoms with Gasteiger partial charge in [-0.15, -0.1) is 13.2 Å². The van der Waals surface area contributed by atoms with E-state index in [0.29, 0.717) is 11.1 Å². The van der Waals surface area contributed by atoms with E-state index in [2.05, 4.69) is 4.74 Å². The van der Waals surface area contributed by atoms with Gasteiger partial charge in [0.15, 0.2) is 11.6 Å². The first-order valence-corrected chi connectivity index (χ1v) is 5.72. The molecule has 2 aromatic rings. The Morgan fingerprint density at radius 3 is 2.29 bits per heavy atom. The molecule has 110 valence electrons. The third-order valence-electron chi connectivity index (χ3n) is 2.64. The van der Waals surface area contributed by atoms with Crippen LogP contribution in [0.2, 0.25) is 0 Å². The van der Waals surface area contributed by atoms with Gasteiger partial charge in [-0.05, 0) is 35.4 Å². The molecule has 0 aliphatic heterocycles. The van der Waals surface area contributed by atoms with Crippen molar-refractivity contribution in [3.8, 4) is 16.9 Å². The molecule has 2 N–H and O–H groups in total. The molecule has 1 amide bonds. The molecule has 0 unspecified atom stereocenters. The minimum absolute atomic E-state index is 0.212. The van der Waals surface area contributed by atoms with Crippen LogP contribution in [0, 0.1) is 5.82 Å². The summed E-state index contributed by atoms with van der Waals surface area (Å²) in [5.41, 5.74) is 6.08. The summed E-state index contributed by atoms with van der Waals surface area (Å²) in [7, 11) is 0. The SMILES string of the molecule is NC(=O)c1cccc(-c2ccc(OC(F)(F)F)c(F)c2)c1. The molecule has 3 nitrogen and oxygen atoms in total. The van der Waals surface area contributed by atoms with Crippen LogP contribution in [0.1, 0.15) is 10.4 Å². The summed E-state index contributed by atoms with van der Waals surface area (Å²) >= 11 is 0. The van der Waals surface area contributed by atoms with Gasteiger partial charge in [0.25, 0.3) is 0 Å². The zero-order valence-electron chi connectivity index (χ0n) is 10.4. The van der Waals surface area contributed by atoms with Crippen LogP contribution in [-0.2, 0) is 0 Å². The van der Waals surface area contributed by atoms with Crippen LogP contribution in [-0.4, -0.2) is 12.3 Å². The van der Waals surface area contributed by atoms with Gasteiger partial charge in [-0.25, -0.2) is 4.39 Å². The van der Waals surface area contributed by atoms with E-state index in [1.807, 2.05) is 0 Å². The number of hydrogen-bond donors (Lipinski definition) is 1. The number of alkyl halides is 3. The number of nitrogens with two attached hydrogens (primary N) is 1. The summed E-state index contributed by atoms with van der Waals surface area (Å²) in [4.78, 5) is 11.1. The fourth-order valence-corrected chi connectivity index (χ4v) is 1.74. The number of amides is 1. The maximum absolute atomic E-state index is 13.6. The highest BCUT2D eigenvalue weighted by molar-refractivity contribution is 5.94. The lowest BCUT2D eigenvalue weighted by Crippen LogP contribution is -2.17. The number of carbonyl (C=O) groups is 1. The topological polar surface area (TPSA) is 52.3 Å². The lowest BCUT2D eigenvalue weighted by molar-refractivity contribution is -0.275. The van der Waals surface area contributed by atoms with Crippen LogP contribution in [0.3, 0.4) is 0 Å². The minimum Gasteiger partial charge on any atom is -0.403 e. The molecule has 0 radical (unpaired) electrons. The molecule has 0 saturated heterocycles. The van der Waals surface area contributed by atoms with Crippen molar-refractivity contribution in [3.63, 3.8) is 0 Å². The molecule has 0 aromatic heterocycles. The Morgan fingerprint density at radius 1 is 1.05 bits per heavy atom. The second-order valence-electron chi connectivity index (χ2n) is 4.14. The van der Waals surface area contributed by atoms with Crippen molar-refractivity contribution < 1.29 is 27.1 Å². The van der Waals surface area contributed by atoms with Crippen LogP contribution in [0.25, 0.3) is 11.1 Å². The number of primary amides is 1. The molecule has 0 spiro atoms. The molecule has 0 saturated carbocycles. The standard InChI is InChI=1S/C14H9F4NO2/c15-11-7-9(4-5-12(11)21-14(16,17)18)8-2-1-3-10(6-8)13(19)20/h1-7H,(H2,19,20). The van der Waals surface area contributed by atoms with Gasteiger partial charge in [0, 0.05) is 5.56 Å². The molecule has 0 aliphatic carbocycles. The van der Waals surface area contributed by atoms with E-state index in [4.69, 9.17) is 5.73 Å². The Hall–Kier alpha value is -2.57. The van der Waals surface area contributed by atoms with Crippen LogP contribution in [0.4, 0.5) is 17.6 Å². The summed E-state index contributed by atoms with van der Waals surface area (Å²) in [5.74, 6) is -2.74. The van der Waals surface area contributed by atoms with Gasteiger partial charge in [0.05, 0.1) is 0 Å². The quantitative estimate of drug-likeness (QED) is 0.882.